The fourth-order valence-electron chi connectivity index (χ4n) is 3.71. The van der Waals surface area contributed by atoms with Crippen LogP contribution in [0.25, 0.3) is 11.0 Å². The summed E-state index contributed by atoms with van der Waals surface area (Å²) in [6.45, 7) is 4.96. The number of amides is 1. The zero-order chi connectivity index (χ0) is 31.7. The lowest BCUT2D eigenvalue weighted by atomic mass is 10.1. The van der Waals surface area contributed by atoms with Crippen LogP contribution in [0.15, 0.2) is 18.2 Å². The maximum Gasteiger partial charge on any atom is 0.408 e. The highest BCUT2D eigenvalue weighted by Gasteiger charge is 2.24. The first kappa shape index (κ1) is 35.2. The molecule has 2 aromatic rings. The molecule has 0 saturated carbocycles. The molecular formula is C24H40N6O10S2. The summed E-state index contributed by atoms with van der Waals surface area (Å²) in [5.74, 6) is -0.474. The monoisotopic (exact) mass is 636 g/mol. The second-order valence-electron chi connectivity index (χ2n) is 10.4. The standard InChI is InChI=1S/C24H40N6O10S2/c1-24(2,3)40-23(33)28-18(22(31)32)8-7-9-21-27-19-16-17(10-11-20(19)29(21)4)30(25-12-14-38-41(5,34)35)26-13-15-39-42(6,36)37/h10-11,16,18,25-26H,7-9,12-15H2,1-6H3,(H,28,33)(H,31,32)/t18-/m0/s1. The normalized spacial score (nSPS) is 13.2. The van der Waals surface area contributed by atoms with Gasteiger partial charge in [-0.05, 0) is 51.8 Å². The SMILES string of the molecule is Cn1c(CCC[C@H](NC(=O)OC(C)(C)C)C(=O)O)nc2cc(N(NCCOS(C)(=O)=O)NCCOS(C)(=O)=O)ccc21. The van der Waals surface area contributed by atoms with Gasteiger partial charge in [0.15, 0.2) is 0 Å². The molecule has 0 fully saturated rings. The van der Waals surface area contributed by atoms with Crippen LogP contribution >= 0.6 is 0 Å². The summed E-state index contributed by atoms with van der Waals surface area (Å²) in [7, 11) is -5.42. The van der Waals surface area contributed by atoms with Crippen LogP contribution in [0.4, 0.5) is 10.5 Å². The number of rotatable bonds is 17. The molecule has 16 nitrogen and oxygen atoms in total. The van der Waals surface area contributed by atoms with Crippen LogP contribution in [-0.4, -0.2) is 94.0 Å². The smallest absolute Gasteiger partial charge is 0.408 e. The molecule has 18 heteroatoms. The zero-order valence-corrected chi connectivity index (χ0v) is 26.2. The number of benzene rings is 1. The highest BCUT2D eigenvalue weighted by Crippen LogP contribution is 2.22. The first-order chi connectivity index (χ1) is 19.3. The predicted molar refractivity (Wildman–Crippen MR) is 155 cm³/mol. The van der Waals surface area contributed by atoms with Gasteiger partial charge in [-0.25, -0.2) is 30.5 Å². The van der Waals surface area contributed by atoms with Gasteiger partial charge in [0.05, 0.1) is 42.4 Å². The predicted octanol–water partition coefficient (Wildman–Crippen LogP) is 0.642. The van der Waals surface area contributed by atoms with E-state index in [4.69, 9.17) is 13.1 Å². The van der Waals surface area contributed by atoms with Crippen molar-refractivity contribution in [2.75, 3.05) is 43.9 Å². The summed E-state index contributed by atoms with van der Waals surface area (Å²) in [5.41, 5.74) is 7.20. The van der Waals surface area contributed by atoms with Gasteiger partial charge in [0.25, 0.3) is 20.2 Å². The lowest BCUT2D eigenvalue weighted by Crippen LogP contribution is -2.50. The van der Waals surface area contributed by atoms with Crippen molar-refractivity contribution in [2.24, 2.45) is 7.05 Å². The minimum absolute atomic E-state index is 0.0978. The second-order valence-corrected chi connectivity index (χ2v) is 13.7. The van der Waals surface area contributed by atoms with E-state index in [1.165, 1.54) is 5.12 Å². The van der Waals surface area contributed by atoms with E-state index in [0.717, 1.165) is 18.0 Å². The van der Waals surface area contributed by atoms with Crippen LogP contribution in [0.1, 0.15) is 39.4 Å². The number of carboxylic acids is 1. The Hall–Kier alpha value is -3.03. The number of anilines is 1. The summed E-state index contributed by atoms with van der Waals surface area (Å²) in [6, 6.07) is 4.23. The summed E-state index contributed by atoms with van der Waals surface area (Å²) < 4.78 is 61.6. The molecular weight excluding hydrogens is 596 g/mol. The Balaban J connectivity index is 2.12. The summed E-state index contributed by atoms with van der Waals surface area (Å²) >= 11 is 0. The molecule has 0 radical (unpaired) electrons. The van der Waals surface area contributed by atoms with Gasteiger partial charge in [0.1, 0.15) is 17.5 Å². The van der Waals surface area contributed by atoms with E-state index in [1.807, 2.05) is 17.7 Å². The number of aromatic nitrogens is 2. The van der Waals surface area contributed by atoms with Crippen molar-refractivity contribution in [3.63, 3.8) is 0 Å². The molecule has 1 aromatic carbocycles. The van der Waals surface area contributed by atoms with Crippen molar-refractivity contribution in [3.05, 3.63) is 24.0 Å². The molecule has 4 N–H and O–H groups in total. The Morgan fingerprint density at radius 1 is 1.05 bits per heavy atom. The van der Waals surface area contributed by atoms with Gasteiger partial charge >= 0.3 is 12.1 Å². The van der Waals surface area contributed by atoms with Crippen LogP contribution < -0.4 is 21.3 Å². The number of hydrogen-bond donors (Lipinski definition) is 4. The third kappa shape index (κ3) is 12.9. The fraction of sp³-hybridized carbons (Fsp3) is 0.625. The number of carbonyl (C=O) groups is 2. The molecule has 0 spiro atoms. The number of ether oxygens (including phenoxy) is 1. The van der Waals surface area contributed by atoms with E-state index in [1.54, 1.807) is 32.9 Å². The van der Waals surface area contributed by atoms with Crippen LogP contribution in [0, 0.1) is 0 Å². The molecule has 1 heterocycles. The number of carboxylic acid groups (broad SMARTS) is 1. The van der Waals surface area contributed by atoms with E-state index in [-0.39, 0.29) is 32.7 Å². The Kier molecular flexibility index (Phi) is 12.5. The summed E-state index contributed by atoms with van der Waals surface area (Å²) in [5, 5.41) is 13.4. The number of aliphatic carboxylic acids is 1. The summed E-state index contributed by atoms with van der Waals surface area (Å²) in [6.07, 6.45) is 2.10. The average molecular weight is 637 g/mol. The fourth-order valence-corrected chi connectivity index (χ4v) is 4.48. The van der Waals surface area contributed by atoms with Crippen LogP contribution in [-0.2, 0) is 51.6 Å². The molecule has 0 aliphatic carbocycles. The van der Waals surface area contributed by atoms with Gasteiger partial charge in [-0.15, -0.1) is 0 Å². The lowest BCUT2D eigenvalue weighted by molar-refractivity contribution is -0.139. The highest BCUT2D eigenvalue weighted by atomic mass is 32.2. The molecule has 0 bridgehead atoms. The number of fused-ring (bicyclic) bond motifs is 1. The first-order valence-electron chi connectivity index (χ1n) is 13.0. The topological polar surface area (TPSA) is 207 Å². The molecule has 0 aliphatic heterocycles. The maximum atomic E-state index is 12.0. The molecule has 0 aliphatic rings. The number of hydrazine groups is 2. The van der Waals surface area contributed by atoms with Gasteiger partial charge in [-0.1, -0.05) is 0 Å². The van der Waals surface area contributed by atoms with Crippen LogP contribution in [0.5, 0.6) is 0 Å². The summed E-state index contributed by atoms with van der Waals surface area (Å²) in [4.78, 5) is 28.4. The molecule has 0 saturated heterocycles. The number of nitrogens with zero attached hydrogens (tertiary/aromatic N) is 3. The first-order valence-corrected chi connectivity index (χ1v) is 16.6. The largest absolute Gasteiger partial charge is 0.480 e. The lowest BCUT2D eigenvalue weighted by Gasteiger charge is -2.26. The van der Waals surface area contributed by atoms with Crippen molar-refractivity contribution < 1.29 is 44.6 Å². The van der Waals surface area contributed by atoms with Gasteiger partial charge in [0.2, 0.25) is 0 Å². The maximum absolute atomic E-state index is 12.0. The Morgan fingerprint density at radius 2 is 1.62 bits per heavy atom. The highest BCUT2D eigenvalue weighted by molar-refractivity contribution is 7.86. The van der Waals surface area contributed by atoms with Crippen molar-refractivity contribution in [3.8, 4) is 0 Å². The van der Waals surface area contributed by atoms with Gasteiger partial charge in [-0.2, -0.15) is 16.8 Å². The van der Waals surface area contributed by atoms with E-state index < -0.39 is 43.9 Å². The third-order valence-electron chi connectivity index (χ3n) is 5.44. The van der Waals surface area contributed by atoms with Gasteiger partial charge in [-0.3, -0.25) is 8.37 Å². The van der Waals surface area contributed by atoms with Crippen molar-refractivity contribution in [1.29, 1.82) is 0 Å². The molecule has 1 atom stereocenters. The number of aryl methyl sites for hydroxylation is 2. The van der Waals surface area contributed by atoms with E-state index >= 15 is 0 Å². The van der Waals surface area contributed by atoms with Crippen LogP contribution in [0.3, 0.4) is 0 Å². The number of hydrogen-bond acceptors (Lipinski definition) is 13. The Morgan fingerprint density at radius 3 is 2.12 bits per heavy atom. The second kappa shape index (κ2) is 14.9. The average Bonchev–Trinajstić information content (AvgIpc) is 3.14. The van der Waals surface area contributed by atoms with Crippen molar-refractivity contribution in [2.45, 2.75) is 51.7 Å². The van der Waals surface area contributed by atoms with E-state index in [0.29, 0.717) is 29.9 Å². The zero-order valence-electron chi connectivity index (χ0n) is 24.5. The van der Waals surface area contributed by atoms with Gasteiger partial charge in [0, 0.05) is 26.6 Å². The number of alkyl carbamates (subject to hydrolysis) is 1. The number of carbonyl (C=O) groups excluding carboxylic acids is 1. The van der Waals surface area contributed by atoms with Crippen LogP contribution in [0.2, 0.25) is 0 Å². The Bertz CT molecular complexity index is 1400. The Labute approximate surface area is 245 Å². The quantitative estimate of drug-likeness (QED) is 0.107. The van der Waals surface area contributed by atoms with Crippen molar-refractivity contribution >= 4 is 49.0 Å². The minimum Gasteiger partial charge on any atom is -0.480 e. The van der Waals surface area contributed by atoms with E-state index in [2.05, 4.69) is 21.2 Å². The third-order valence-corrected chi connectivity index (χ3v) is 6.63. The molecule has 0 unspecified atom stereocenters. The minimum atomic E-state index is -3.62. The molecule has 42 heavy (non-hydrogen) atoms. The van der Waals surface area contributed by atoms with E-state index in [9.17, 15) is 31.5 Å². The van der Waals surface area contributed by atoms with Crippen molar-refractivity contribution in [1.82, 2.24) is 25.7 Å². The molecule has 2 rings (SSSR count). The number of nitrogens with one attached hydrogen (secondary N) is 3. The molecule has 238 valence electrons. The molecule has 1 amide bonds. The number of imidazole rings is 1. The molecule has 1 aromatic heterocycles. The van der Waals surface area contributed by atoms with Gasteiger partial charge < -0.3 is 19.7 Å².